The van der Waals surface area contributed by atoms with E-state index in [4.69, 9.17) is 10.8 Å². The minimum Gasteiger partial charge on any atom is -0.336 e. The summed E-state index contributed by atoms with van der Waals surface area (Å²) in [5.74, 6) is 0.930. The van der Waals surface area contributed by atoms with Gasteiger partial charge in [-0.1, -0.05) is 30.3 Å². The van der Waals surface area contributed by atoms with Gasteiger partial charge in [0.15, 0.2) is 0 Å². The summed E-state index contributed by atoms with van der Waals surface area (Å²) in [4.78, 5) is 25.3. The molecule has 0 saturated carbocycles. The molecule has 0 unspecified atom stereocenters. The van der Waals surface area contributed by atoms with E-state index in [2.05, 4.69) is 15.0 Å². The lowest BCUT2D eigenvalue weighted by atomic mass is 9.99. The number of fused-ring (bicyclic) bond motifs is 1. The normalized spacial score (nSPS) is 11.3. The largest absolute Gasteiger partial charge is 0.411 e. The first-order chi connectivity index (χ1) is 15.4. The van der Waals surface area contributed by atoms with Crippen LogP contribution in [0.1, 0.15) is 17.2 Å². The van der Waals surface area contributed by atoms with Crippen molar-refractivity contribution in [1.82, 2.24) is 28.7 Å². The van der Waals surface area contributed by atoms with Crippen LogP contribution in [0.4, 0.5) is 5.95 Å². The van der Waals surface area contributed by atoms with Crippen molar-refractivity contribution in [2.75, 3.05) is 5.73 Å². The number of aromatic amines is 1. The summed E-state index contributed by atoms with van der Waals surface area (Å²) < 4.78 is 4.66. The smallest absolute Gasteiger partial charge is 0.336 e. The summed E-state index contributed by atoms with van der Waals surface area (Å²) in [6.07, 6.45) is 3.53. The number of imidazole rings is 1. The van der Waals surface area contributed by atoms with E-state index in [9.17, 15) is 4.79 Å². The maximum absolute atomic E-state index is 13.3. The summed E-state index contributed by atoms with van der Waals surface area (Å²) in [5.41, 5.74) is 11.7. The molecule has 160 valence electrons. The van der Waals surface area contributed by atoms with E-state index in [0.29, 0.717) is 5.65 Å². The zero-order valence-corrected chi connectivity index (χ0v) is 18.1. The first-order valence-corrected chi connectivity index (χ1v) is 10.2. The van der Waals surface area contributed by atoms with Crippen LogP contribution in [-0.4, -0.2) is 28.7 Å². The molecule has 5 aromatic rings. The van der Waals surface area contributed by atoms with E-state index in [1.165, 1.54) is 9.08 Å². The van der Waals surface area contributed by atoms with Gasteiger partial charge in [0, 0.05) is 36.4 Å². The highest BCUT2D eigenvalue weighted by molar-refractivity contribution is 5.88. The molecule has 0 spiro atoms. The van der Waals surface area contributed by atoms with E-state index in [0.717, 1.165) is 39.6 Å². The van der Waals surface area contributed by atoms with Gasteiger partial charge in [-0.2, -0.15) is 4.68 Å². The van der Waals surface area contributed by atoms with E-state index in [1.807, 2.05) is 74.1 Å². The maximum Gasteiger partial charge on any atom is 0.411 e. The molecule has 0 aliphatic heterocycles. The van der Waals surface area contributed by atoms with Gasteiger partial charge in [-0.25, -0.2) is 14.8 Å². The molecule has 0 bridgehead atoms. The van der Waals surface area contributed by atoms with Crippen molar-refractivity contribution in [2.24, 2.45) is 7.05 Å². The number of nitrogens with one attached hydrogen (secondary N) is 1. The fourth-order valence-corrected chi connectivity index (χ4v) is 4.00. The number of H-pyrrole nitrogens is 1. The van der Waals surface area contributed by atoms with Crippen molar-refractivity contribution in [3.05, 3.63) is 82.6 Å². The van der Waals surface area contributed by atoms with Crippen molar-refractivity contribution < 1.29 is 4.98 Å². The van der Waals surface area contributed by atoms with Crippen LogP contribution in [0.5, 0.6) is 0 Å². The second-order valence-electron chi connectivity index (χ2n) is 7.82. The molecule has 4 aromatic heterocycles. The second kappa shape index (κ2) is 7.45. The first-order valence-electron chi connectivity index (χ1n) is 10.2. The van der Waals surface area contributed by atoms with Gasteiger partial charge >= 0.3 is 11.6 Å². The minimum absolute atomic E-state index is 0.209. The Kier molecular flexibility index (Phi) is 4.58. The number of hydrogen-bond donors (Lipinski definition) is 1. The lowest BCUT2D eigenvalue weighted by Crippen LogP contribution is -2.28. The third-order valence-corrected chi connectivity index (χ3v) is 5.45. The van der Waals surface area contributed by atoms with Crippen molar-refractivity contribution in [2.45, 2.75) is 20.4 Å². The number of pyridine rings is 1. The molecule has 9 nitrogen and oxygen atoms in total. The van der Waals surface area contributed by atoms with Gasteiger partial charge in [-0.15, -0.1) is 9.50 Å². The number of rotatable bonds is 4. The Hall–Kier alpha value is -4.27. The van der Waals surface area contributed by atoms with Gasteiger partial charge in [0.25, 0.3) is 0 Å². The van der Waals surface area contributed by atoms with Crippen LogP contribution >= 0.6 is 0 Å². The Balaban J connectivity index is 1.84. The third-order valence-electron chi connectivity index (χ3n) is 5.45. The van der Waals surface area contributed by atoms with Crippen LogP contribution in [0, 0.1) is 13.8 Å². The summed E-state index contributed by atoms with van der Waals surface area (Å²) in [7, 11) is 1.88. The summed E-state index contributed by atoms with van der Waals surface area (Å²) in [5, 5.41) is 4.70. The lowest BCUT2D eigenvalue weighted by molar-refractivity contribution is -0.351. The van der Waals surface area contributed by atoms with Gasteiger partial charge < -0.3 is 4.57 Å². The van der Waals surface area contributed by atoms with Crippen LogP contribution < -0.4 is 16.4 Å². The number of hydrogen-bond acceptors (Lipinski definition) is 5. The molecule has 0 aliphatic rings. The quantitative estimate of drug-likeness (QED) is 0.472. The zero-order valence-electron chi connectivity index (χ0n) is 18.1. The van der Waals surface area contributed by atoms with Gasteiger partial charge in [0.05, 0.1) is 5.56 Å². The zero-order chi connectivity index (χ0) is 22.4. The number of nitrogens with zero attached hydrogens (tertiary/aromatic N) is 6. The Bertz CT molecular complexity index is 1490. The van der Waals surface area contributed by atoms with Crippen LogP contribution in [0.3, 0.4) is 0 Å². The predicted octanol–water partition coefficient (Wildman–Crippen LogP) is 2.02. The van der Waals surface area contributed by atoms with Crippen LogP contribution in [0.2, 0.25) is 0 Å². The van der Waals surface area contributed by atoms with Gasteiger partial charge in [-0.05, 0) is 31.5 Å². The van der Waals surface area contributed by atoms with E-state index in [1.54, 1.807) is 6.20 Å². The maximum atomic E-state index is 13.3. The Morgan fingerprint density at radius 2 is 1.78 bits per heavy atom. The van der Waals surface area contributed by atoms with E-state index >= 15 is 0 Å². The molecule has 0 saturated heterocycles. The molecular formula is C23H23N8O+. The van der Waals surface area contributed by atoms with E-state index < -0.39 is 0 Å². The molecule has 1 aromatic carbocycles. The van der Waals surface area contributed by atoms with Gasteiger partial charge in [0.2, 0.25) is 5.65 Å². The summed E-state index contributed by atoms with van der Waals surface area (Å²) in [6, 6.07) is 13.8. The highest BCUT2D eigenvalue weighted by Gasteiger charge is 2.26. The molecule has 9 heteroatoms. The van der Waals surface area contributed by atoms with Crippen molar-refractivity contribution in [3.8, 4) is 22.4 Å². The number of aryl methyl sites for hydroxylation is 3. The van der Waals surface area contributed by atoms with Gasteiger partial charge in [0.1, 0.15) is 18.1 Å². The second-order valence-corrected chi connectivity index (χ2v) is 7.82. The lowest BCUT2D eigenvalue weighted by Gasteiger charge is -2.10. The monoisotopic (exact) mass is 427 g/mol. The summed E-state index contributed by atoms with van der Waals surface area (Å²) in [6.45, 7) is 4.13. The van der Waals surface area contributed by atoms with E-state index in [-0.39, 0.29) is 18.2 Å². The summed E-state index contributed by atoms with van der Waals surface area (Å²) >= 11 is 0. The van der Waals surface area contributed by atoms with Gasteiger partial charge in [-0.3, -0.25) is 10.7 Å². The number of nitrogen functional groups attached to an aromatic ring is 1. The first kappa shape index (κ1) is 19.7. The molecular weight excluding hydrogens is 404 g/mol. The average Bonchev–Trinajstić information content (AvgIpc) is 3.31. The number of nitrogens with two attached hydrogens (primary N) is 1. The Morgan fingerprint density at radius 3 is 2.44 bits per heavy atom. The van der Waals surface area contributed by atoms with Crippen LogP contribution in [-0.2, 0) is 13.6 Å². The molecule has 32 heavy (non-hydrogen) atoms. The van der Waals surface area contributed by atoms with Crippen LogP contribution in [0.15, 0.2) is 59.7 Å². The standard InChI is InChI=1S/C23H22N8O/c1-14-11-17(12-15(2)26-14)19-20(16-7-5-4-6-8-16)27-22(24)31-21(19)28-30(23(31)32)13-18-25-9-10-29(18)3/h4-12H,13H2,1-3H3,(H2,24,27)/p+1. The third kappa shape index (κ3) is 3.24. The molecule has 4 heterocycles. The number of benzene rings is 1. The number of anilines is 1. The number of aromatic nitrogens is 7. The molecule has 3 N–H and O–H groups in total. The molecule has 5 rings (SSSR count). The fourth-order valence-electron chi connectivity index (χ4n) is 4.00. The SMILES string of the molecule is Cc1cc(-c2c(-c3ccccc3)[nH+]c(N)n3c(=O)n(Cc4nccn4C)nc23)cc(C)n1. The van der Waals surface area contributed by atoms with Crippen molar-refractivity contribution in [1.29, 1.82) is 0 Å². The molecule has 0 aliphatic carbocycles. The van der Waals surface area contributed by atoms with Crippen molar-refractivity contribution in [3.63, 3.8) is 0 Å². The average molecular weight is 427 g/mol. The van der Waals surface area contributed by atoms with Crippen molar-refractivity contribution >= 4 is 11.6 Å². The Labute approximate surface area is 183 Å². The highest BCUT2D eigenvalue weighted by Crippen LogP contribution is 2.32. The van der Waals surface area contributed by atoms with Crippen LogP contribution in [0.25, 0.3) is 28.0 Å². The highest BCUT2D eigenvalue weighted by atomic mass is 16.2. The molecule has 0 atom stereocenters. The molecule has 0 radical (unpaired) electrons. The topological polar surface area (TPSA) is 110 Å². The molecule has 0 fully saturated rings. The molecule has 0 amide bonds. The fraction of sp³-hybridized carbons (Fsp3) is 0.174. The predicted molar refractivity (Wildman–Crippen MR) is 121 cm³/mol. The Morgan fingerprint density at radius 1 is 1.06 bits per heavy atom. The minimum atomic E-state index is -0.333.